The van der Waals surface area contributed by atoms with E-state index in [1.807, 2.05) is 0 Å². The van der Waals surface area contributed by atoms with Crippen molar-refractivity contribution in [2.45, 2.75) is 41.0 Å². The standard InChI is InChI=1S/C11H23NO2/c1-10(2,3)11(4,5)8-12-9(14)6-7-13/h13H,6-8H2,1-5H3,(H,12,14). The summed E-state index contributed by atoms with van der Waals surface area (Å²) < 4.78 is 0. The predicted octanol–water partition coefficient (Wildman–Crippen LogP) is 1.56. The zero-order valence-electron chi connectivity index (χ0n) is 9.98. The van der Waals surface area contributed by atoms with Crippen molar-refractivity contribution in [2.75, 3.05) is 13.2 Å². The zero-order chi connectivity index (χ0) is 11.4. The molecular formula is C11H23NO2. The second-order valence-electron chi connectivity index (χ2n) is 5.38. The normalized spacial score (nSPS) is 12.7. The lowest BCUT2D eigenvalue weighted by atomic mass is 9.69. The Morgan fingerprint density at radius 2 is 1.71 bits per heavy atom. The topological polar surface area (TPSA) is 49.3 Å². The number of carbonyl (C=O) groups excluding carboxylic acids is 1. The minimum absolute atomic E-state index is 0.0537. The number of aliphatic hydroxyl groups excluding tert-OH is 1. The molecule has 0 rings (SSSR count). The van der Waals surface area contributed by atoms with Gasteiger partial charge in [0.1, 0.15) is 0 Å². The van der Waals surface area contributed by atoms with Gasteiger partial charge in [-0.1, -0.05) is 34.6 Å². The lowest BCUT2D eigenvalue weighted by Gasteiger charge is -2.38. The molecule has 0 bridgehead atoms. The van der Waals surface area contributed by atoms with Crippen LogP contribution >= 0.6 is 0 Å². The third-order valence-corrected chi connectivity index (χ3v) is 3.10. The molecule has 84 valence electrons. The van der Waals surface area contributed by atoms with E-state index in [0.717, 1.165) is 0 Å². The largest absolute Gasteiger partial charge is 0.396 e. The van der Waals surface area contributed by atoms with Crippen molar-refractivity contribution in [3.8, 4) is 0 Å². The first-order valence-corrected chi connectivity index (χ1v) is 5.08. The number of carbonyl (C=O) groups is 1. The van der Waals surface area contributed by atoms with Crippen LogP contribution in [0.5, 0.6) is 0 Å². The molecule has 0 aromatic rings. The summed E-state index contributed by atoms with van der Waals surface area (Å²) in [6.07, 6.45) is 0.195. The molecular weight excluding hydrogens is 178 g/mol. The summed E-state index contributed by atoms with van der Waals surface area (Å²) >= 11 is 0. The van der Waals surface area contributed by atoms with Crippen molar-refractivity contribution in [1.29, 1.82) is 0 Å². The molecule has 0 unspecified atom stereocenters. The summed E-state index contributed by atoms with van der Waals surface area (Å²) in [4.78, 5) is 11.1. The van der Waals surface area contributed by atoms with Gasteiger partial charge in [-0.15, -0.1) is 0 Å². The van der Waals surface area contributed by atoms with Gasteiger partial charge in [-0.3, -0.25) is 4.79 Å². The molecule has 0 aliphatic heterocycles. The number of aliphatic hydroxyl groups is 1. The lowest BCUT2D eigenvalue weighted by molar-refractivity contribution is -0.122. The van der Waals surface area contributed by atoms with Gasteiger partial charge in [0.05, 0.1) is 6.61 Å². The first-order chi connectivity index (χ1) is 6.20. The first kappa shape index (κ1) is 13.4. The molecule has 0 atom stereocenters. The number of rotatable bonds is 4. The van der Waals surface area contributed by atoms with Crippen LogP contribution in [0, 0.1) is 10.8 Å². The quantitative estimate of drug-likeness (QED) is 0.725. The average molecular weight is 201 g/mol. The highest BCUT2D eigenvalue weighted by atomic mass is 16.3. The van der Waals surface area contributed by atoms with Crippen molar-refractivity contribution in [3.63, 3.8) is 0 Å². The summed E-state index contributed by atoms with van der Waals surface area (Å²) in [7, 11) is 0. The molecule has 3 nitrogen and oxygen atoms in total. The Labute approximate surface area is 86.9 Å². The Morgan fingerprint density at radius 1 is 1.21 bits per heavy atom. The van der Waals surface area contributed by atoms with Crippen LogP contribution in [-0.2, 0) is 4.79 Å². The van der Waals surface area contributed by atoms with Gasteiger partial charge in [0, 0.05) is 13.0 Å². The van der Waals surface area contributed by atoms with Crippen LogP contribution < -0.4 is 5.32 Å². The zero-order valence-corrected chi connectivity index (χ0v) is 9.98. The SMILES string of the molecule is CC(C)(C)C(C)(C)CNC(=O)CCO. The molecule has 2 N–H and O–H groups in total. The van der Waals surface area contributed by atoms with Crippen LogP contribution in [0.4, 0.5) is 0 Å². The van der Waals surface area contributed by atoms with Gasteiger partial charge >= 0.3 is 0 Å². The average Bonchev–Trinajstić information content (AvgIpc) is 1.99. The van der Waals surface area contributed by atoms with Crippen LogP contribution in [0.1, 0.15) is 41.0 Å². The second-order valence-corrected chi connectivity index (χ2v) is 5.38. The van der Waals surface area contributed by atoms with E-state index in [4.69, 9.17) is 5.11 Å². The van der Waals surface area contributed by atoms with Crippen LogP contribution in [0.2, 0.25) is 0 Å². The van der Waals surface area contributed by atoms with Gasteiger partial charge in [0.15, 0.2) is 0 Å². The van der Waals surface area contributed by atoms with Crippen LogP contribution in [0.3, 0.4) is 0 Å². The maximum absolute atomic E-state index is 11.1. The fraction of sp³-hybridized carbons (Fsp3) is 0.909. The first-order valence-electron chi connectivity index (χ1n) is 5.08. The van der Waals surface area contributed by atoms with Gasteiger partial charge in [0.25, 0.3) is 0 Å². The molecule has 0 aromatic heterocycles. The van der Waals surface area contributed by atoms with Gasteiger partial charge in [0.2, 0.25) is 5.91 Å². The van der Waals surface area contributed by atoms with Crippen molar-refractivity contribution < 1.29 is 9.90 Å². The number of nitrogens with one attached hydrogen (secondary N) is 1. The number of hydrogen-bond donors (Lipinski definition) is 2. The molecule has 3 heteroatoms. The Kier molecular flexibility index (Phi) is 4.59. The van der Waals surface area contributed by atoms with Gasteiger partial charge in [-0.2, -0.15) is 0 Å². The summed E-state index contributed by atoms with van der Waals surface area (Å²) in [6, 6.07) is 0. The number of hydrogen-bond acceptors (Lipinski definition) is 2. The van der Waals surface area contributed by atoms with E-state index in [2.05, 4.69) is 39.9 Å². The molecule has 0 saturated heterocycles. The Bertz CT molecular complexity index is 192. The molecule has 14 heavy (non-hydrogen) atoms. The summed E-state index contributed by atoms with van der Waals surface area (Å²) in [5.74, 6) is -0.0789. The fourth-order valence-electron chi connectivity index (χ4n) is 0.775. The lowest BCUT2D eigenvalue weighted by Crippen LogP contribution is -2.41. The predicted molar refractivity (Wildman–Crippen MR) is 57.9 cm³/mol. The minimum Gasteiger partial charge on any atom is -0.396 e. The van der Waals surface area contributed by atoms with Gasteiger partial charge < -0.3 is 10.4 Å². The van der Waals surface area contributed by atoms with Crippen molar-refractivity contribution in [3.05, 3.63) is 0 Å². The van der Waals surface area contributed by atoms with Crippen LogP contribution in [0.15, 0.2) is 0 Å². The maximum atomic E-state index is 11.1. The van der Waals surface area contributed by atoms with Gasteiger partial charge in [-0.05, 0) is 10.8 Å². The maximum Gasteiger partial charge on any atom is 0.222 e. The number of amides is 1. The van der Waals surface area contributed by atoms with E-state index in [9.17, 15) is 4.79 Å². The molecule has 1 amide bonds. The molecule has 0 radical (unpaired) electrons. The van der Waals surface area contributed by atoms with E-state index in [-0.39, 0.29) is 29.8 Å². The smallest absolute Gasteiger partial charge is 0.222 e. The molecule has 0 spiro atoms. The molecule has 0 fully saturated rings. The molecule has 0 aliphatic carbocycles. The third kappa shape index (κ3) is 4.09. The molecule has 0 aliphatic rings. The molecule has 0 heterocycles. The van der Waals surface area contributed by atoms with E-state index >= 15 is 0 Å². The van der Waals surface area contributed by atoms with Crippen LogP contribution in [0.25, 0.3) is 0 Å². The van der Waals surface area contributed by atoms with E-state index in [0.29, 0.717) is 6.54 Å². The highest BCUT2D eigenvalue weighted by molar-refractivity contribution is 5.75. The molecule has 0 aromatic carbocycles. The Hall–Kier alpha value is -0.570. The molecule has 0 saturated carbocycles. The summed E-state index contributed by atoms with van der Waals surface area (Å²) in [5, 5.41) is 11.4. The Balaban J connectivity index is 4.06. The third-order valence-electron chi connectivity index (χ3n) is 3.10. The van der Waals surface area contributed by atoms with Crippen LogP contribution in [-0.4, -0.2) is 24.2 Å². The summed E-state index contributed by atoms with van der Waals surface area (Å²) in [5.41, 5.74) is 0.206. The minimum atomic E-state index is -0.0816. The monoisotopic (exact) mass is 201 g/mol. The van der Waals surface area contributed by atoms with E-state index < -0.39 is 0 Å². The van der Waals surface area contributed by atoms with Crippen molar-refractivity contribution in [2.24, 2.45) is 10.8 Å². The van der Waals surface area contributed by atoms with E-state index in [1.165, 1.54) is 0 Å². The second kappa shape index (κ2) is 4.78. The summed E-state index contributed by atoms with van der Waals surface area (Å²) in [6.45, 7) is 11.3. The van der Waals surface area contributed by atoms with Gasteiger partial charge in [-0.25, -0.2) is 0 Å². The van der Waals surface area contributed by atoms with E-state index in [1.54, 1.807) is 0 Å². The fourth-order valence-corrected chi connectivity index (χ4v) is 0.775. The van der Waals surface area contributed by atoms with Crippen molar-refractivity contribution >= 4 is 5.91 Å². The highest BCUT2D eigenvalue weighted by Gasteiger charge is 2.32. The highest BCUT2D eigenvalue weighted by Crippen LogP contribution is 2.36. The van der Waals surface area contributed by atoms with Crippen molar-refractivity contribution in [1.82, 2.24) is 5.32 Å². The Morgan fingerprint density at radius 3 is 2.07 bits per heavy atom.